The lowest BCUT2D eigenvalue weighted by Gasteiger charge is -2.10. The maximum atomic E-state index is 11.8. The molecule has 0 bridgehead atoms. The molecular weight excluding hydrogens is 398 g/mol. The third-order valence-electron chi connectivity index (χ3n) is 3.86. The monoisotopic (exact) mass is 419 g/mol. The zero-order valence-corrected chi connectivity index (χ0v) is 17.1. The maximum Gasteiger partial charge on any atom is 0.331 e. The Morgan fingerprint density at radius 2 is 1.76 bits per heavy atom. The van der Waals surface area contributed by atoms with E-state index in [4.69, 9.17) is 30.5 Å². The highest BCUT2D eigenvalue weighted by molar-refractivity contribution is 6.32. The molecule has 0 spiro atoms. The van der Waals surface area contributed by atoms with Crippen molar-refractivity contribution < 1.29 is 28.5 Å². The number of benzene rings is 2. The van der Waals surface area contributed by atoms with Crippen molar-refractivity contribution in [3.8, 4) is 17.2 Å². The molecule has 0 aliphatic rings. The highest BCUT2D eigenvalue weighted by Crippen LogP contribution is 2.36. The van der Waals surface area contributed by atoms with Gasteiger partial charge in [-0.3, -0.25) is 4.79 Å². The molecule has 1 amide bonds. The molecule has 0 aliphatic carbocycles. The number of hydrogen-bond acceptors (Lipinski definition) is 6. The van der Waals surface area contributed by atoms with Crippen molar-refractivity contribution in [1.82, 2.24) is 5.32 Å². The lowest BCUT2D eigenvalue weighted by atomic mass is 10.2. The molecule has 2 aromatic carbocycles. The molecule has 0 aliphatic heterocycles. The van der Waals surface area contributed by atoms with Crippen molar-refractivity contribution in [3.05, 3.63) is 58.6 Å². The number of carbonyl (C=O) groups is 2. The number of esters is 1. The van der Waals surface area contributed by atoms with Crippen molar-refractivity contribution in [2.75, 3.05) is 27.9 Å². The Labute approximate surface area is 174 Å². The Balaban J connectivity index is 1.82. The number of halogens is 1. The predicted octanol–water partition coefficient (Wildman–Crippen LogP) is 3.24. The number of ether oxygens (including phenoxy) is 4. The summed E-state index contributed by atoms with van der Waals surface area (Å²) in [6, 6.07) is 10.5. The minimum Gasteiger partial charge on any atom is -0.497 e. The smallest absolute Gasteiger partial charge is 0.331 e. The molecule has 8 heteroatoms. The average Bonchev–Trinajstić information content (AvgIpc) is 2.74. The van der Waals surface area contributed by atoms with Crippen LogP contribution in [0.15, 0.2) is 42.5 Å². The topological polar surface area (TPSA) is 83.1 Å². The molecule has 154 valence electrons. The van der Waals surface area contributed by atoms with Gasteiger partial charge in [-0.2, -0.15) is 0 Å². The van der Waals surface area contributed by atoms with Crippen LogP contribution in [0.2, 0.25) is 5.02 Å². The average molecular weight is 420 g/mol. The summed E-state index contributed by atoms with van der Waals surface area (Å²) in [5, 5.41) is 3.02. The van der Waals surface area contributed by atoms with Crippen LogP contribution in [0, 0.1) is 0 Å². The standard InChI is InChI=1S/C21H22ClNO6/c1-26-16-7-4-14(5-8-16)12-23-19(24)13-29-20(25)9-6-15-10-17(22)21(28-3)18(11-15)27-2/h4-11H,12-13H2,1-3H3,(H,23,24)/b9-6+. The van der Waals surface area contributed by atoms with Gasteiger partial charge in [0.15, 0.2) is 18.1 Å². The van der Waals surface area contributed by atoms with E-state index in [1.54, 1.807) is 31.4 Å². The molecule has 7 nitrogen and oxygen atoms in total. The first-order valence-corrected chi connectivity index (χ1v) is 9.00. The Hall–Kier alpha value is -3.19. The van der Waals surface area contributed by atoms with E-state index in [9.17, 15) is 9.59 Å². The fourth-order valence-electron chi connectivity index (χ4n) is 2.38. The van der Waals surface area contributed by atoms with E-state index in [1.165, 1.54) is 26.4 Å². The summed E-state index contributed by atoms with van der Waals surface area (Å²) < 4.78 is 20.4. The molecular formula is C21H22ClNO6. The molecule has 0 fully saturated rings. The fraction of sp³-hybridized carbons (Fsp3) is 0.238. The molecule has 2 aromatic rings. The summed E-state index contributed by atoms with van der Waals surface area (Å²) in [6.07, 6.45) is 2.71. The third-order valence-corrected chi connectivity index (χ3v) is 4.14. The van der Waals surface area contributed by atoms with Crippen molar-refractivity contribution in [2.24, 2.45) is 0 Å². The van der Waals surface area contributed by atoms with Gasteiger partial charge in [-0.1, -0.05) is 23.7 Å². The van der Waals surface area contributed by atoms with Crippen molar-refractivity contribution >= 4 is 29.6 Å². The van der Waals surface area contributed by atoms with E-state index in [-0.39, 0.29) is 6.61 Å². The number of carbonyl (C=O) groups excluding carboxylic acids is 2. The van der Waals surface area contributed by atoms with Crippen LogP contribution < -0.4 is 19.5 Å². The summed E-state index contributed by atoms with van der Waals surface area (Å²) in [4.78, 5) is 23.7. The van der Waals surface area contributed by atoms with Gasteiger partial charge in [0.1, 0.15) is 5.75 Å². The van der Waals surface area contributed by atoms with Gasteiger partial charge in [0.2, 0.25) is 0 Å². The maximum absolute atomic E-state index is 11.8. The second kappa shape index (κ2) is 11.0. The van der Waals surface area contributed by atoms with Crippen LogP contribution in [0.4, 0.5) is 0 Å². The van der Waals surface area contributed by atoms with Crippen LogP contribution in [0.1, 0.15) is 11.1 Å². The van der Waals surface area contributed by atoms with Crippen molar-refractivity contribution in [3.63, 3.8) is 0 Å². The molecule has 2 rings (SSSR count). The molecule has 0 radical (unpaired) electrons. The zero-order chi connectivity index (χ0) is 21.2. The molecule has 0 saturated carbocycles. The second-order valence-electron chi connectivity index (χ2n) is 5.80. The molecule has 29 heavy (non-hydrogen) atoms. The van der Waals surface area contributed by atoms with Crippen LogP contribution in [0.3, 0.4) is 0 Å². The Bertz CT molecular complexity index is 879. The first-order chi connectivity index (χ1) is 14.0. The van der Waals surface area contributed by atoms with Gasteiger partial charge < -0.3 is 24.3 Å². The summed E-state index contributed by atoms with van der Waals surface area (Å²) in [5.41, 5.74) is 1.52. The lowest BCUT2D eigenvalue weighted by Crippen LogP contribution is -2.28. The summed E-state index contributed by atoms with van der Waals surface area (Å²) in [5.74, 6) is 0.511. The Morgan fingerprint density at radius 1 is 1.03 bits per heavy atom. The summed E-state index contributed by atoms with van der Waals surface area (Å²) in [7, 11) is 4.55. The lowest BCUT2D eigenvalue weighted by molar-refractivity contribution is -0.143. The highest BCUT2D eigenvalue weighted by atomic mass is 35.5. The Morgan fingerprint density at radius 3 is 2.38 bits per heavy atom. The van der Waals surface area contributed by atoms with Crippen LogP contribution in [-0.4, -0.2) is 39.8 Å². The molecule has 1 N–H and O–H groups in total. The number of nitrogens with one attached hydrogen (secondary N) is 1. The van der Waals surface area contributed by atoms with E-state index in [0.29, 0.717) is 28.6 Å². The normalized spacial score (nSPS) is 10.5. The van der Waals surface area contributed by atoms with E-state index < -0.39 is 11.9 Å². The quantitative estimate of drug-likeness (QED) is 0.496. The Kier molecular flexibility index (Phi) is 8.36. The summed E-state index contributed by atoms with van der Waals surface area (Å²) >= 11 is 6.12. The number of hydrogen-bond donors (Lipinski definition) is 1. The number of amides is 1. The van der Waals surface area contributed by atoms with Crippen LogP contribution >= 0.6 is 11.6 Å². The van der Waals surface area contributed by atoms with Gasteiger partial charge in [0, 0.05) is 12.6 Å². The first-order valence-electron chi connectivity index (χ1n) is 8.62. The minimum atomic E-state index is -0.657. The van der Waals surface area contributed by atoms with Crippen molar-refractivity contribution in [2.45, 2.75) is 6.54 Å². The van der Waals surface area contributed by atoms with Crippen LogP contribution in [-0.2, 0) is 20.9 Å². The molecule has 0 saturated heterocycles. The van der Waals surface area contributed by atoms with E-state index in [1.807, 2.05) is 12.1 Å². The largest absolute Gasteiger partial charge is 0.497 e. The minimum absolute atomic E-state index is 0.320. The van der Waals surface area contributed by atoms with E-state index in [0.717, 1.165) is 11.3 Å². The zero-order valence-electron chi connectivity index (χ0n) is 16.4. The van der Waals surface area contributed by atoms with Gasteiger partial charge in [-0.15, -0.1) is 0 Å². The van der Waals surface area contributed by atoms with Crippen LogP contribution in [0.25, 0.3) is 6.08 Å². The highest BCUT2D eigenvalue weighted by Gasteiger charge is 2.10. The fourth-order valence-corrected chi connectivity index (χ4v) is 2.67. The van der Waals surface area contributed by atoms with Gasteiger partial charge >= 0.3 is 5.97 Å². The SMILES string of the molecule is COc1ccc(CNC(=O)COC(=O)/C=C/c2cc(Cl)c(OC)c(OC)c2)cc1. The first kappa shape index (κ1) is 22.1. The molecule has 0 unspecified atom stereocenters. The van der Waals surface area contributed by atoms with Gasteiger partial charge in [0.25, 0.3) is 5.91 Å². The van der Waals surface area contributed by atoms with Crippen molar-refractivity contribution in [1.29, 1.82) is 0 Å². The molecule has 0 heterocycles. The van der Waals surface area contributed by atoms with E-state index >= 15 is 0 Å². The molecule has 0 atom stereocenters. The van der Waals surface area contributed by atoms with Gasteiger partial charge in [-0.05, 0) is 41.5 Å². The number of rotatable bonds is 9. The van der Waals surface area contributed by atoms with Crippen LogP contribution in [0.5, 0.6) is 17.2 Å². The second-order valence-corrected chi connectivity index (χ2v) is 6.21. The summed E-state index contributed by atoms with van der Waals surface area (Å²) in [6.45, 7) is -0.0631. The van der Waals surface area contributed by atoms with Gasteiger partial charge in [0.05, 0.1) is 26.4 Å². The molecule has 0 aromatic heterocycles. The van der Waals surface area contributed by atoms with E-state index in [2.05, 4.69) is 5.32 Å². The number of methoxy groups -OCH3 is 3. The third kappa shape index (κ3) is 6.73. The predicted molar refractivity (Wildman–Crippen MR) is 109 cm³/mol. The van der Waals surface area contributed by atoms with Gasteiger partial charge in [-0.25, -0.2) is 4.79 Å².